The molecule has 0 bridgehead atoms. The average Bonchev–Trinajstić information content (AvgIpc) is 3.40. The van der Waals surface area contributed by atoms with E-state index in [1.807, 2.05) is 43.0 Å². The van der Waals surface area contributed by atoms with E-state index in [0.717, 1.165) is 24.3 Å². The van der Waals surface area contributed by atoms with Crippen LogP contribution in [0, 0.1) is 13.8 Å². The third-order valence-corrected chi connectivity index (χ3v) is 5.83. The quantitative estimate of drug-likeness (QED) is 0.489. The van der Waals surface area contributed by atoms with Gasteiger partial charge in [0.05, 0.1) is 28.8 Å². The number of aromatic nitrogens is 3. The summed E-state index contributed by atoms with van der Waals surface area (Å²) in [6, 6.07) is 12.0. The molecular weight excluding hydrogens is 392 g/mol. The number of hydrogen-bond donors (Lipinski definition) is 0. The molecule has 158 valence electrons. The zero-order valence-electron chi connectivity index (χ0n) is 17.7. The van der Waals surface area contributed by atoms with Gasteiger partial charge in [-0.15, -0.1) is 0 Å². The molecule has 1 aliphatic rings. The van der Waals surface area contributed by atoms with Crippen LogP contribution in [0.1, 0.15) is 57.7 Å². The number of likely N-dealkylation sites (tertiary alicyclic amines) is 1. The minimum atomic E-state index is -0.0254. The van der Waals surface area contributed by atoms with Gasteiger partial charge in [-0.3, -0.25) is 4.79 Å². The number of hydrogen-bond acceptors (Lipinski definition) is 6. The van der Waals surface area contributed by atoms with E-state index in [1.54, 1.807) is 6.20 Å². The Balaban J connectivity index is 1.35. The van der Waals surface area contributed by atoms with Gasteiger partial charge in [-0.25, -0.2) is 9.97 Å². The summed E-state index contributed by atoms with van der Waals surface area (Å²) in [5.41, 5.74) is 3.61. The summed E-state index contributed by atoms with van der Waals surface area (Å²) in [6.07, 6.45) is 4.37. The number of pyridine rings is 1. The summed E-state index contributed by atoms with van der Waals surface area (Å²) >= 11 is 0. The van der Waals surface area contributed by atoms with Crippen LogP contribution in [0.3, 0.4) is 0 Å². The van der Waals surface area contributed by atoms with Crippen molar-refractivity contribution in [3.63, 3.8) is 0 Å². The number of piperidine rings is 1. The van der Waals surface area contributed by atoms with Crippen LogP contribution >= 0.6 is 0 Å². The minimum Gasteiger partial charge on any atom is -0.445 e. The molecule has 1 atom stereocenters. The third-order valence-electron chi connectivity index (χ3n) is 5.83. The van der Waals surface area contributed by atoms with Gasteiger partial charge in [0.2, 0.25) is 0 Å². The van der Waals surface area contributed by atoms with E-state index >= 15 is 0 Å². The zero-order chi connectivity index (χ0) is 21.4. The fraction of sp³-hybridized carbons (Fsp3) is 0.333. The number of rotatable bonds is 4. The first-order valence-corrected chi connectivity index (χ1v) is 10.6. The molecule has 7 heteroatoms. The number of amides is 1. The van der Waals surface area contributed by atoms with Gasteiger partial charge in [-0.2, -0.15) is 0 Å². The van der Waals surface area contributed by atoms with Crippen molar-refractivity contribution in [1.82, 2.24) is 20.0 Å². The van der Waals surface area contributed by atoms with Gasteiger partial charge >= 0.3 is 0 Å². The van der Waals surface area contributed by atoms with Crippen LogP contribution in [0.5, 0.6) is 0 Å². The van der Waals surface area contributed by atoms with Crippen molar-refractivity contribution in [2.24, 2.45) is 0 Å². The Morgan fingerprint density at radius 2 is 2.06 bits per heavy atom. The maximum absolute atomic E-state index is 13.4. The van der Waals surface area contributed by atoms with E-state index in [2.05, 4.69) is 27.3 Å². The number of oxazole rings is 1. The summed E-state index contributed by atoms with van der Waals surface area (Å²) in [6.45, 7) is 4.98. The van der Waals surface area contributed by atoms with Crippen LogP contribution in [0.15, 0.2) is 51.5 Å². The van der Waals surface area contributed by atoms with E-state index < -0.39 is 0 Å². The Hall–Kier alpha value is -3.48. The van der Waals surface area contributed by atoms with Crippen molar-refractivity contribution in [3.8, 4) is 0 Å². The predicted molar refractivity (Wildman–Crippen MR) is 115 cm³/mol. The lowest BCUT2D eigenvalue weighted by molar-refractivity contribution is 0.0699. The van der Waals surface area contributed by atoms with Crippen molar-refractivity contribution in [3.05, 3.63) is 76.8 Å². The van der Waals surface area contributed by atoms with Crippen LogP contribution in [-0.4, -0.2) is 39.0 Å². The topological polar surface area (TPSA) is 85.3 Å². The molecule has 0 unspecified atom stereocenters. The highest BCUT2D eigenvalue weighted by atomic mass is 16.5. The highest BCUT2D eigenvalue weighted by Crippen LogP contribution is 2.30. The maximum atomic E-state index is 13.4. The lowest BCUT2D eigenvalue weighted by Gasteiger charge is -2.31. The maximum Gasteiger partial charge on any atom is 0.258 e. The predicted octanol–water partition coefficient (Wildman–Crippen LogP) is 4.44. The number of nitrogens with zero attached hydrogens (tertiary/aromatic N) is 4. The molecule has 0 aliphatic carbocycles. The number of carbonyl (C=O) groups is 1. The van der Waals surface area contributed by atoms with Crippen molar-refractivity contribution in [2.45, 2.75) is 39.0 Å². The molecular formula is C24H24N4O3. The van der Waals surface area contributed by atoms with Gasteiger partial charge < -0.3 is 13.8 Å². The standard InChI is InChI=1S/C24H24N4O3/c1-15-11-20(21-16(2)27-31-23(21)26-15)24(29)28-10-6-9-18(14-28)22-25-13-19(30-22)12-17-7-4-3-5-8-17/h3-5,7-8,11,13,18H,6,9-10,12,14H2,1-2H3/t18-/m1/s1. The molecule has 3 aromatic heterocycles. The lowest BCUT2D eigenvalue weighted by atomic mass is 9.97. The van der Waals surface area contributed by atoms with E-state index in [1.165, 1.54) is 5.56 Å². The minimum absolute atomic E-state index is 0.0254. The van der Waals surface area contributed by atoms with Crippen molar-refractivity contribution in [2.75, 3.05) is 13.1 Å². The molecule has 1 amide bonds. The van der Waals surface area contributed by atoms with Gasteiger partial charge in [0, 0.05) is 25.2 Å². The molecule has 31 heavy (non-hydrogen) atoms. The molecule has 1 saturated heterocycles. The van der Waals surface area contributed by atoms with E-state index in [0.29, 0.717) is 47.8 Å². The number of aryl methyl sites for hydroxylation is 2. The number of carbonyl (C=O) groups excluding carboxylic acids is 1. The molecule has 1 fully saturated rings. The van der Waals surface area contributed by atoms with Gasteiger partial charge in [0.1, 0.15) is 5.76 Å². The third kappa shape index (κ3) is 3.83. The van der Waals surface area contributed by atoms with Crippen LogP contribution in [-0.2, 0) is 6.42 Å². The van der Waals surface area contributed by atoms with Crippen LogP contribution < -0.4 is 0 Å². The van der Waals surface area contributed by atoms with Crippen molar-refractivity contribution >= 4 is 17.0 Å². The summed E-state index contributed by atoms with van der Waals surface area (Å²) in [5, 5.41) is 4.68. The zero-order valence-corrected chi connectivity index (χ0v) is 17.7. The Bertz CT molecular complexity index is 1230. The second kappa shape index (κ2) is 7.98. The first-order chi connectivity index (χ1) is 15.1. The normalized spacial score (nSPS) is 16.7. The van der Waals surface area contributed by atoms with Gasteiger partial charge in [-0.1, -0.05) is 35.5 Å². The number of fused-ring (bicyclic) bond motifs is 1. The van der Waals surface area contributed by atoms with Gasteiger partial charge in [0.15, 0.2) is 5.89 Å². The molecule has 0 radical (unpaired) electrons. The first-order valence-electron chi connectivity index (χ1n) is 10.6. The Kier molecular flexibility index (Phi) is 5.02. The van der Waals surface area contributed by atoms with Crippen LogP contribution in [0.2, 0.25) is 0 Å². The Morgan fingerprint density at radius 1 is 1.23 bits per heavy atom. The average molecular weight is 416 g/mol. The molecule has 5 rings (SSSR count). The molecule has 4 aromatic rings. The lowest BCUT2D eigenvalue weighted by Crippen LogP contribution is -2.39. The first kappa shape index (κ1) is 19.5. The van der Waals surface area contributed by atoms with E-state index in [4.69, 9.17) is 8.94 Å². The second-order valence-corrected chi connectivity index (χ2v) is 8.18. The van der Waals surface area contributed by atoms with Gasteiger partial charge in [0.25, 0.3) is 11.6 Å². The number of benzene rings is 1. The summed E-state index contributed by atoms with van der Waals surface area (Å²) in [7, 11) is 0. The van der Waals surface area contributed by atoms with Gasteiger partial charge in [-0.05, 0) is 38.3 Å². The fourth-order valence-corrected chi connectivity index (χ4v) is 4.31. The highest BCUT2D eigenvalue weighted by molar-refractivity contribution is 6.06. The summed E-state index contributed by atoms with van der Waals surface area (Å²) < 4.78 is 11.4. The molecule has 1 aromatic carbocycles. The Morgan fingerprint density at radius 3 is 2.90 bits per heavy atom. The molecule has 7 nitrogen and oxygen atoms in total. The van der Waals surface area contributed by atoms with Crippen LogP contribution in [0.25, 0.3) is 11.1 Å². The van der Waals surface area contributed by atoms with E-state index in [-0.39, 0.29) is 11.8 Å². The van der Waals surface area contributed by atoms with Crippen molar-refractivity contribution < 1.29 is 13.7 Å². The Labute approximate surface area is 180 Å². The molecule has 1 aliphatic heterocycles. The van der Waals surface area contributed by atoms with E-state index in [9.17, 15) is 4.79 Å². The molecule has 4 heterocycles. The monoisotopic (exact) mass is 416 g/mol. The van der Waals surface area contributed by atoms with Crippen LogP contribution in [0.4, 0.5) is 0 Å². The second-order valence-electron chi connectivity index (χ2n) is 8.18. The summed E-state index contributed by atoms with van der Waals surface area (Å²) in [5.74, 6) is 1.61. The summed E-state index contributed by atoms with van der Waals surface area (Å²) in [4.78, 5) is 24.2. The van der Waals surface area contributed by atoms with Crippen molar-refractivity contribution in [1.29, 1.82) is 0 Å². The molecule has 0 saturated carbocycles. The molecule has 0 spiro atoms. The highest BCUT2D eigenvalue weighted by Gasteiger charge is 2.30. The SMILES string of the molecule is Cc1cc(C(=O)N2CCC[C@@H](c3ncc(Cc4ccccc4)o3)C2)c2c(C)noc2n1. The largest absolute Gasteiger partial charge is 0.445 e. The smallest absolute Gasteiger partial charge is 0.258 e. The molecule has 0 N–H and O–H groups in total. The fourth-order valence-electron chi connectivity index (χ4n) is 4.31.